The molecule has 0 unspecified atom stereocenters. The van der Waals surface area contributed by atoms with E-state index in [-0.39, 0.29) is 0 Å². The van der Waals surface area contributed by atoms with E-state index in [1.165, 1.54) is 62.0 Å². The molecular weight excluding hydrogens is 212 g/mol. The molecule has 0 radical (unpaired) electrons. The van der Waals surface area contributed by atoms with Crippen molar-refractivity contribution in [1.29, 1.82) is 0 Å². The molecule has 0 aromatic rings. The monoisotopic (exact) mass is 234 g/mol. The van der Waals surface area contributed by atoms with Gasteiger partial charge in [0.25, 0.3) is 0 Å². The Hall–Kier alpha value is 0.620. The van der Waals surface area contributed by atoms with Crippen LogP contribution in [0.25, 0.3) is 0 Å². The van der Waals surface area contributed by atoms with Gasteiger partial charge in [0, 0.05) is 24.6 Å². The molecule has 2 nitrogen and oxygen atoms in total. The van der Waals surface area contributed by atoms with Crippen molar-refractivity contribution in [3.05, 3.63) is 0 Å². The first-order valence-corrected chi connectivity index (χ1v) is 7.88. The second-order valence-electron chi connectivity index (χ2n) is 3.43. The maximum Gasteiger partial charge on any atom is 0.00581 e. The van der Waals surface area contributed by atoms with E-state index in [1.807, 2.05) is 0 Å². The van der Waals surface area contributed by atoms with Gasteiger partial charge in [-0.3, -0.25) is 0 Å². The van der Waals surface area contributed by atoms with Crippen molar-refractivity contribution in [3.63, 3.8) is 0 Å². The third kappa shape index (κ3) is 7.97. The van der Waals surface area contributed by atoms with E-state index in [4.69, 9.17) is 0 Å². The summed E-state index contributed by atoms with van der Waals surface area (Å²) in [5.74, 6) is 5.15. The van der Waals surface area contributed by atoms with Crippen molar-refractivity contribution in [2.75, 3.05) is 49.2 Å². The average molecular weight is 234 g/mol. The summed E-state index contributed by atoms with van der Waals surface area (Å²) in [7, 11) is 0. The van der Waals surface area contributed by atoms with Gasteiger partial charge in [0.2, 0.25) is 0 Å². The molecule has 0 aromatic heterocycles. The quantitative estimate of drug-likeness (QED) is 0.662. The summed E-state index contributed by atoms with van der Waals surface area (Å²) in [5.41, 5.74) is 0. The van der Waals surface area contributed by atoms with Crippen LogP contribution in [0.1, 0.15) is 12.8 Å². The van der Waals surface area contributed by atoms with Gasteiger partial charge in [-0.1, -0.05) is 0 Å². The lowest BCUT2D eigenvalue weighted by molar-refractivity contribution is 0.666. The molecule has 2 N–H and O–H groups in total. The van der Waals surface area contributed by atoms with Crippen LogP contribution in [0.15, 0.2) is 0 Å². The zero-order chi connectivity index (χ0) is 9.90. The molecule has 1 aliphatic rings. The van der Waals surface area contributed by atoms with E-state index < -0.39 is 0 Å². The SMILES string of the molecule is C1CNCCCSCCNCCSC1. The summed E-state index contributed by atoms with van der Waals surface area (Å²) >= 11 is 4.14. The number of hydrogen-bond donors (Lipinski definition) is 2. The average Bonchev–Trinajstić information content (AvgIpc) is 2.22. The van der Waals surface area contributed by atoms with Crippen LogP contribution in [-0.2, 0) is 0 Å². The molecule has 1 fully saturated rings. The van der Waals surface area contributed by atoms with Gasteiger partial charge in [-0.25, -0.2) is 0 Å². The summed E-state index contributed by atoms with van der Waals surface area (Å²) in [5, 5.41) is 6.98. The van der Waals surface area contributed by atoms with E-state index in [9.17, 15) is 0 Å². The molecule has 0 spiro atoms. The molecule has 1 aliphatic heterocycles. The minimum absolute atomic E-state index is 1.18. The molecule has 0 aromatic carbocycles. The first kappa shape index (κ1) is 12.7. The molecule has 4 heteroatoms. The van der Waals surface area contributed by atoms with Crippen LogP contribution >= 0.6 is 23.5 Å². The smallest absolute Gasteiger partial charge is 0.00581 e. The highest BCUT2D eigenvalue weighted by molar-refractivity contribution is 7.99. The fourth-order valence-electron chi connectivity index (χ4n) is 1.34. The Morgan fingerprint density at radius 1 is 0.571 bits per heavy atom. The molecule has 0 aliphatic carbocycles. The molecule has 14 heavy (non-hydrogen) atoms. The predicted octanol–water partition coefficient (Wildman–Crippen LogP) is 1.43. The number of thioether (sulfide) groups is 2. The molecule has 0 atom stereocenters. The van der Waals surface area contributed by atoms with Gasteiger partial charge < -0.3 is 10.6 Å². The van der Waals surface area contributed by atoms with Crippen LogP contribution in [-0.4, -0.2) is 49.2 Å². The van der Waals surface area contributed by atoms with Gasteiger partial charge in [-0.15, -0.1) is 0 Å². The van der Waals surface area contributed by atoms with Crippen molar-refractivity contribution >= 4 is 23.5 Å². The van der Waals surface area contributed by atoms with Crippen molar-refractivity contribution < 1.29 is 0 Å². The highest BCUT2D eigenvalue weighted by atomic mass is 32.2. The van der Waals surface area contributed by atoms with Gasteiger partial charge in [0.05, 0.1) is 0 Å². The zero-order valence-electron chi connectivity index (χ0n) is 8.89. The second-order valence-corrected chi connectivity index (χ2v) is 5.88. The maximum atomic E-state index is 3.50. The molecule has 84 valence electrons. The van der Waals surface area contributed by atoms with Gasteiger partial charge in [-0.2, -0.15) is 23.5 Å². The summed E-state index contributed by atoms with van der Waals surface area (Å²) in [6, 6.07) is 0. The normalized spacial score (nSPS) is 24.0. The summed E-state index contributed by atoms with van der Waals surface area (Å²) in [6.45, 7) is 4.76. The Morgan fingerprint density at radius 2 is 1.07 bits per heavy atom. The third-order valence-electron chi connectivity index (χ3n) is 2.13. The molecule has 0 bridgehead atoms. The van der Waals surface area contributed by atoms with Gasteiger partial charge in [-0.05, 0) is 37.4 Å². The van der Waals surface area contributed by atoms with E-state index in [0.717, 1.165) is 0 Å². The van der Waals surface area contributed by atoms with Gasteiger partial charge in [0.1, 0.15) is 0 Å². The number of nitrogens with one attached hydrogen (secondary N) is 2. The van der Waals surface area contributed by atoms with Gasteiger partial charge in [0.15, 0.2) is 0 Å². The third-order valence-corrected chi connectivity index (χ3v) is 4.27. The lowest BCUT2D eigenvalue weighted by atomic mass is 10.4. The number of rotatable bonds is 0. The lowest BCUT2D eigenvalue weighted by Crippen LogP contribution is -2.22. The number of hydrogen-bond acceptors (Lipinski definition) is 4. The van der Waals surface area contributed by atoms with Crippen LogP contribution in [0.2, 0.25) is 0 Å². The van der Waals surface area contributed by atoms with Crippen LogP contribution in [0, 0.1) is 0 Å². The minimum Gasteiger partial charge on any atom is -0.317 e. The fourth-order valence-corrected chi connectivity index (χ4v) is 3.02. The zero-order valence-corrected chi connectivity index (χ0v) is 10.5. The topological polar surface area (TPSA) is 24.1 Å². The standard InChI is InChI=1S/C10H22N2S2/c1-3-11-4-2-8-14-10-6-12-5-9-13-7-1/h11-12H,1-10H2. The van der Waals surface area contributed by atoms with Crippen LogP contribution in [0.3, 0.4) is 0 Å². The lowest BCUT2D eigenvalue weighted by Gasteiger charge is -2.08. The largest absolute Gasteiger partial charge is 0.317 e. The maximum absolute atomic E-state index is 3.50. The molecule has 1 rings (SSSR count). The predicted molar refractivity (Wildman–Crippen MR) is 69.6 cm³/mol. The fraction of sp³-hybridized carbons (Fsp3) is 1.00. The Labute approximate surface area is 96.4 Å². The molecular formula is C10H22N2S2. The summed E-state index contributed by atoms with van der Waals surface area (Å²) in [6.07, 6.45) is 2.63. The second kappa shape index (κ2) is 10.1. The molecule has 0 saturated carbocycles. The van der Waals surface area contributed by atoms with Crippen molar-refractivity contribution in [1.82, 2.24) is 10.6 Å². The highest BCUT2D eigenvalue weighted by Gasteiger charge is 1.94. The van der Waals surface area contributed by atoms with Crippen LogP contribution in [0.5, 0.6) is 0 Å². The van der Waals surface area contributed by atoms with E-state index in [1.54, 1.807) is 0 Å². The summed E-state index contributed by atoms with van der Waals surface area (Å²) < 4.78 is 0. The Balaban J connectivity index is 2.00. The Kier molecular flexibility index (Phi) is 9.20. The summed E-state index contributed by atoms with van der Waals surface area (Å²) in [4.78, 5) is 0. The van der Waals surface area contributed by atoms with Crippen molar-refractivity contribution in [2.24, 2.45) is 0 Å². The van der Waals surface area contributed by atoms with Crippen LogP contribution in [0.4, 0.5) is 0 Å². The van der Waals surface area contributed by atoms with E-state index >= 15 is 0 Å². The molecule has 0 amide bonds. The van der Waals surface area contributed by atoms with Crippen molar-refractivity contribution in [2.45, 2.75) is 12.8 Å². The van der Waals surface area contributed by atoms with Gasteiger partial charge >= 0.3 is 0 Å². The Bertz CT molecular complexity index is 69.4. The van der Waals surface area contributed by atoms with Crippen molar-refractivity contribution in [3.8, 4) is 0 Å². The first-order chi connectivity index (χ1) is 7.00. The first-order valence-electron chi connectivity index (χ1n) is 5.57. The minimum atomic E-state index is 1.18. The van der Waals surface area contributed by atoms with E-state index in [0.29, 0.717) is 0 Å². The van der Waals surface area contributed by atoms with E-state index in [2.05, 4.69) is 34.2 Å². The van der Waals surface area contributed by atoms with Crippen LogP contribution < -0.4 is 10.6 Å². The molecule has 1 heterocycles. The highest BCUT2D eigenvalue weighted by Crippen LogP contribution is 2.03. The Morgan fingerprint density at radius 3 is 1.64 bits per heavy atom. The molecule has 1 saturated heterocycles.